The highest BCUT2D eigenvalue weighted by Gasteiger charge is 2.15. The topological polar surface area (TPSA) is 42.0 Å². The molecule has 3 rings (SSSR count). The summed E-state index contributed by atoms with van der Waals surface area (Å²) in [5, 5.41) is 5.74. The van der Waals surface area contributed by atoms with Crippen molar-refractivity contribution >= 4 is 40.6 Å². The zero-order valence-electron chi connectivity index (χ0n) is 13.6. The predicted molar refractivity (Wildman–Crippen MR) is 105 cm³/mol. The fourth-order valence-electron chi connectivity index (χ4n) is 2.37. The minimum Gasteiger partial charge on any atom is -0.345 e. The van der Waals surface area contributed by atoms with Crippen LogP contribution in [0, 0.1) is 0 Å². The van der Waals surface area contributed by atoms with Gasteiger partial charge in [-0.2, -0.15) is 0 Å². The third kappa shape index (κ3) is 4.84. The molecule has 0 spiro atoms. The molecular formula is C19H17ClN2OS2. The molecule has 0 saturated carbocycles. The Morgan fingerprint density at radius 2 is 2.12 bits per heavy atom. The number of thioether (sulfide) groups is 1. The molecule has 0 aliphatic carbocycles. The van der Waals surface area contributed by atoms with Crippen LogP contribution in [0.15, 0.2) is 64.3 Å². The van der Waals surface area contributed by atoms with Crippen molar-refractivity contribution in [2.24, 2.45) is 0 Å². The number of rotatable bonds is 6. The van der Waals surface area contributed by atoms with Gasteiger partial charge in [-0.3, -0.25) is 4.79 Å². The lowest BCUT2D eigenvalue weighted by atomic mass is 10.1. The summed E-state index contributed by atoms with van der Waals surface area (Å²) >= 11 is 9.24. The van der Waals surface area contributed by atoms with E-state index in [0.717, 1.165) is 21.9 Å². The van der Waals surface area contributed by atoms with E-state index >= 15 is 0 Å². The summed E-state index contributed by atoms with van der Waals surface area (Å²) in [6.45, 7) is 1.95. The molecule has 3 nitrogen and oxygen atoms in total. The number of nitrogens with zero attached hydrogens (tertiary/aromatic N) is 1. The van der Waals surface area contributed by atoms with Gasteiger partial charge in [-0.1, -0.05) is 35.9 Å². The second kappa shape index (κ2) is 8.52. The predicted octanol–water partition coefficient (Wildman–Crippen LogP) is 5.58. The second-order valence-electron chi connectivity index (χ2n) is 5.51. The zero-order valence-corrected chi connectivity index (χ0v) is 16.0. The molecule has 0 aliphatic heterocycles. The lowest BCUT2D eigenvalue weighted by molar-refractivity contribution is 0.0937. The Balaban J connectivity index is 1.71. The summed E-state index contributed by atoms with van der Waals surface area (Å²) in [5.74, 6) is 0.659. The van der Waals surface area contributed by atoms with E-state index in [9.17, 15) is 4.79 Å². The van der Waals surface area contributed by atoms with Crippen LogP contribution in [0.4, 0.5) is 0 Å². The second-order valence-corrected chi connectivity index (χ2v) is 7.69. The molecule has 0 bridgehead atoms. The van der Waals surface area contributed by atoms with Crippen LogP contribution in [0.5, 0.6) is 0 Å². The molecule has 1 aromatic heterocycles. The summed E-state index contributed by atoms with van der Waals surface area (Å²) in [6, 6.07) is 15.1. The van der Waals surface area contributed by atoms with E-state index in [2.05, 4.69) is 10.3 Å². The molecule has 128 valence electrons. The minimum atomic E-state index is -0.122. The Morgan fingerprint density at radius 1 is 1.28 bits per heavy atom. The number of hydrogen-bond acceptors (Lipinski definition) is 4. The Morgan fingerprint density at radius 3 is 2.88 bits per heavy atom. The van der Waals surface area contributed by atoms with E-state index in [1.807, 2.05) is 66.3 Å². The summed E-state index contributed by atoms with van der Waals surface area (Å²) in [7, 11) is 0. The number of carbonyl (C=O) groups is 1. The summed E-state index contributed by atoms with van der Waals surface area (Å²) in [4.78, 5) is 18.0. The van der Waals surface area contributed by atoms with Gasteiger partial charge >= 0.3 is 0 Å². The lowest BCUT2D eigenvalue weighted by Crippen LogP contribution is -2.27. The molecule has 3 aromatic rings. The molecule has 1 atom stereocenters. The van der Waals surface area contributed by atoms with Gasteiger partial charge in [-0.05, 0) is 36.8 Å². The number of carbonyl (C=O) groups excluding carboxylic acids is 1. The van der Waals surface area contributed by atoms with E-state index < -0.39 is 0 Å². The minimum absolute atomic E-state index is 0.0890. The Hall–Kier alpha value is -1.82. The number of amides is 1. The van der Waals surface area contributed by atoms with E-state index in [1.165, 1.54) is 0 Å². The van der Waals surface area contributed by atoms with Crippen LogP contribution in [0.25, 0.3) is 0 Å². The fourth-order valence-corrected chi connectivity index (χ4v) is 4.19. The Bertz CT molecular complexity index is 852. The van der Waals surface area contributed by atoms with Crippen molar-refractivity contribution in [3.63, 3.8) is 0 Å². The van der Waals surface area contributed by atoms with Crippen molar-refractivity contribution in [2.45, 2.75) is 23.6 Å². The lowest BCUT2D eigenvalue weighted by Gasteiger charge is -2.16. The van der Waals surface area contributed by atoms with E-state index in [1.54, 1.807) is 23.1 Å². The number of halogens is 1. The molecule has 1 N–H and O–H groups in total. The van der Waals surface area contributed by atoms with Crippen LogP contribution in [0.1, 0.15) is 34.6 Å². The van der Waals surface area contributed by atoms with Gasteiger partial charge in [-0.25, -0.2) is 4.98 Å². The molecule has 25 heavy (non-hydrogen) atoms. The highest BCUT2D eigenvalue weighted by Crippen LogP contribution is 2.27. The van der Waals surface area contributed by atoms with Gasteiger partial charge in [0.2, 0.25) is 0 Å². The van der Waals surface area contributed by atoms with Crippen molar-refractivity contribution in [1.82, 2.24) is 10.3 Å². The van der Waals surface area contributed by atoms with Crippen molar-refractivity contribution in [1.29, 1.82) is 0 Å². The first-order valence-corrected chi connectivity index (χ1v) is 10.1. The first kappa shape index (κ1) is 18.0. The number of benzene rings is 2. The van der Waals surface area contributed by atoms with E-state index in [-0.39, 0.29) is 11.9 Å². The van der Waals surface area contributed by atoms with Gasteiger partial charge in [0, 0.05) is 21.1 Å². The van der Waals surface area contributed by atoms with Crippen LogP contribution in [0.2, 0.25) is 5.02 Å². The van der Waals surface area contributed by atoms with Crippen molar-refractivity contribution in [3.05, 3.63) is 81.3 Å². The van der Waals surface area contributed by atoms with Gasteiger partial charge in [0.1, 0.15) is 0 Å². The normalized spacial score (nSPS) is 11.9. The number of hydrogen-bond donors (Lipinski definition) is 1. The van der Waals surface area contributed by atoms with Crippen molar-refractivity contribution < 1.29 is 4.79 Å². The molecule has 1 amide bonds. The third-order valence-corrected chi connectivity index (χ3v) is 5.66. The molecule has 1 unspecified atom stereocenters. The molecule has 0 aliphatic rings. The number of aromatic nitrogens is 1. The van der Waals surface area contributed by atoms with Gasteiger partial charge in [0.25, 0.3) is 5.91 Å². The molecule has 0 saturated heterocycles. The Labute approximate surface area is 160 Å². The average molecular weight is 389 g/mol. The highest BCUT2D eigenvalue weighted by molar-refractivity contribution is 7.98. The maximum Gasteiger partial charge on any atom is 0.252 e. The number of nitrogens with one attached hydrogen (secondary N) is 1. The first-order valence-electron chi connectivity index (χ1n) is 7.78. The van der Waals surface area contributed by atoms with Gasteiger partial charge in [0.15, 0.2) is 0 Å². The summed E-state index contributed by atoms with van der Waals surface area (Å²) < 4.78 is 0. The standard InChI is InChI=1S/C19H17ClN2OS2/c1-13(14-5-4-6-15(20)9-14)22-19(23)17-7-2-3-8-18(17)25-11-16-10-24-12-21-16/h2-10,12-13H,11H2,1H3,(H,22,23). The molecule has 1 heterocycles. The maximum atomic E-state index is 12.7. The molecule has 0 radical (unpaired) electrons. The van der Waals surface area contributed by atoms with Crippen LogP contribution in [-0.4, -0.2) is 10.9 Å². The summed E-state index contributed by atoms with van der Waals surface area (Å²) in [5.41, 5.74) is 4.50. The fraction of sp³-hybridized carbons (Fsp3) is 0.158. The number of thiazole rings is 1. The SMILES string of the molecule is CC(NC(=O)c1ccccc1SCc1cscn1)c1cccc(Cl)c1. The quantitative estimate of drug-likeness (QED) is 0.560. The molecule has 0 fully saturated rings. The van der Waals surface area contributed by atoms with Crippen LogP contribution < -0.4 is 5.32 Å². The molecular weight excluding hydrogens is 372 g/mol. The van der Waals surface area contributed by atoms with Crippen molar-refractivity contribution in [3.8, 4) is 0 Å². The molecule has 6 heteroatoms. The highest BCUT2D eigenvalue weighted by atomic mass is 35.5. The van der Waals surface area contributed by atoms with Crippen LogP contribution in [0.3, 0.4) is 0 Å². The van der Waals surface area contributed by atoms with Crippen LogP contribution in [-0.2, 0) is 5.75 Å². The monoisotopic (exact) mass is 388 g/mol. The van der Waals surface area contributed by atoms with Crippen LogP contribution >= 0.6 is 34.7 Å². The summed E-state index contributed by atoms with van der Waals surface area (Å²) in [6.07, 6.45) is 0. The van der Waals surface area contributed by atoms with Gasteiger partial charge in [0.05, 0.1) is 22.8 Å². The maximum absolute atomic E-state index is 12.7. The van der Waals surface area contributed by atoms with Crippen molar-refractivity contribution in [2.75, 3.05) is 0 Å². The van der Waals surface area contributed by atoms with Gasteiger partial charge < -0.3 is 5.32 Å². The van der Waals surface area contributed by atoms with E-state index in [4.69, 9.17) is 11.6 Å². The smallest absolute Gasteiger partial charge is 0.252 e. The van der Waals surface area contributed by atoms with Gasteiger partial charge in [-0.15, -0.1) is 23.1 Å². The first-order chi connectivity index (χ1) is 12.1. The largest absolute Gasteiger partial charge is 0.345 e. The molecule has 2 aromatic carbocycles. The Kier molecular flexibility index (Phi) is 6.13. The zero-order chi connectivity index (χ0) is 17.6. The average Bonchev–Trinajstić information content (AvgIpc) is 3.13. The third-order valence-electron chi connectivity index (χ3n) is 3.69. The van der Waals surface area contributed by atoms with E-state index in [0.29, 0.717) is 10.6 Å².